The van der Waals surface area contributed by atoms with Gasteiger partial charge in [-0.15, -0.1) is 0 Å². The van der Waals surface area contributed by atoms with Crippen molar-refractivity contribution in [2.75, 3.05) is 0 Å². The summed E-state index contributed by atoms with van der Waals surface area (Å²) in [5.74, 6) is 0.325. The zero-order valence-electron chi connectivity index (χ0n) is 14.7. The van der Waals surface area contributed by atoms with E-state index in [4.69, 9.17) is 0 Å². The second-order valence-corrected chi connectivity index (χ2v) is 6.13. The summed E-state index contributed by atoms with van der Waals surface area (Å²) in [4.78, 5) is 11.8. The number of rotatable bonds is 6. The average Bonchev–Trinajstić information content (AvgIpc) is 2.93. The van der Waals surface area contributed by atoms with Crippen LogP contribution in [-0.2, 0) is 11.3 Å². The van der Waals surface area contributed by atoms with Crippen molar-refractivity contribution in [1.82, 2.24) is 15.2 Å². The lowest BCUT2D eigenvalue weighted by molar-refractivity contribution is -0.121. The Morgan fingerprint density at radius 1 is 1.29 bits per heavy atom. The Labute approximate surface area is 143 Å². The second kappa shape index (κ2) is 8.24. The summed E-state index contributed by atoms with van der Waals surface area (Å²) in [6.07, 6.45) is 5.34. The first-order valence-electron chi connectivity index (χ1n) is 8.04. The molecule has 0 saturated carbocycles. The maximum atomic E-state index is 11.8. The first kappa shape index (κ1) is 17.7. The third-order valence-corrected chi connectivity index (χ3v) is 3.68. The van der Waals surface area contributed by atoms with Crippen LogP contribution in [-0.4, -0.2) is 21.9 Å². The monoisotopic (exact) mass is 324 g/mol. The first-order chi connectivity index (χ1) is 11.5. The quantitative estimate of drug-likeness (QED) is 0.653. The topological polar surface area (TPSA) is 59.3 Å². The number of hydrazone groups is 1. The molecule has 0 radical (unpaired) electrons. The van der Waals surface area contributed by atoms with Crippen LogP contribution in [0.4, 0.5) is 0 Å². The molecule has 0 spiro atoms. The van der Waals surface area contributed by atoms with E-state index in [-0.39, 0.29) is 12.5 Å². The van der Waals surface area contributed by atoms with E-state index < -0.39 is 0 Å². The lowest BCUT2D eigenvalue weighted by Crippen LogP contribution is -2.24. The third-order valence-electron chi connectivity index (χ3n) is 3.68. The van der Waals surface area contributed by atoms with Crippen molar-refractivity contribution in [1.29, 1.82) is 0 Å². The van der Waals surface area contributed by atoms with Crippen LogP contribution in [0.3, 0.4) is 0 Å². The predicted molar refractivity (Wildman–Crippen MR) is 97.8 cm³/mol. The number of benzene rings is 1. The standard InChI is InChI=1S/C19H24N4O/c1-14(2)18-7-5-17(6-8-18)11-15(3)12-20-22-19(24)13-23-16(4)9-10-21-23/h5-12,14H,13H2,1-4H3,(H,22,24)/b15-11+,20-12-. The molecule has 1 N–H and O–H groups in total. The molecule has 0 atom stereocenters. The smallest absolute Gasteiger partial charge is 0.261 e. The molecule has 0 aliphatic carbocycles. The van der Waals surface area contributed by atoms with E-state index in [0.29, 0.717) is 5.92 Å². The maximum absolute atomic E-state index is 11.8. The van der Waals surface area contributed by atoms with Crippen molar-refractivity contribution in [3.05, 3.63) is 58.9 Å². The summed E-state index contributed by atoms with van der Waals surface area (Å²) in [5, 5.41) is 8.06. The molecule has 2 aromatic rings. The number of amides is 1. The van der Waals surface area contributed by atoms with E-state index in [0.717, 1.165) is 16.8 Å². The molecular formula is C19H24N4O. The molecule has 1 aromatic heterocycles. The van der Waals surface area contributed by atoms with E-state index in [1.165, 1.54) is 5.56 Å². The van der Waals surface area contributed by atoms with E-state index >= 15 is 0 Å². The molecule has 126 valence electrons. The summed E-state index contributed by atoms with van der Waals surface area (Å²) >= 11 is 0. The van der Waals surface area contributed by atoms with E-state index in [9.17, 15) is 4.79 Å². The van der Waals surface area contributed by atoms with Gasteiger partial charge in [-0.3, -0.25) is 9.48 Å². The van der Waals surface area contributed by atoms with Crippen LogP contribution in [0.15, 0.2) is 47.2 Å². The minimum absolute atomic E-state index is 0.162. The number of allylic oxidation sites excluding steroid dienone is 1. The van der Waals surface area contributed by atoms with Crippen molar-refractivity contribution >= 4 is 18.2 Å². The van der Waals surface area contributed by atoms with Gasteiger partial charge in [-0.2, -0.15) is 10.2 Å². The number of carbonyl (C=O) groups is 1. The highest BCUT2D eigenvalue weighted by molar-refractivity contribution is 5.86. The van der Waals surface area contributed by atoms with Crippen LogP contribution >= 0.6 is 0 Å². The van der Waals surface area contributed by atoms with E-state index in [1.54, 1.807) is 17.1 Å². The van der Waals surface area contributed by atoms with Crippen LogP contribution in [0.2, 0.25) is 0 Å². The van der Waals surface area contributed by atoms with Crippen LogP contribution in [0.1, 0.15) is 43.5 Å². The fourth-order valence-corrected chi connectivity index (χ4v) is 2.22. The van der Waals surface area contributed by atoms with Gasteiger partial charge in [0.05, 0.1) is 6.21 Å². The molecule has 0 saturated heterocycles. The molecule has 5 nitrogen and oxygen atoms in total. The van der Waals surface area contributed by atoms with Crippen molar-refractivity contribution in [2.45, 2.75) is 40.2 Å². The number of nitrogens with one attached hydrogen (secondary N) is 1. The van der Waals surface area contributed by atoms with Gasteiger partial charge in [0.15, 0.2) is 0 Å². The Kier molecular flexibility index (Phi) is 6.07. The van der Waals surface area contributed by atoms with E-state index in [1.807, 2.05) is 26.0 Å². The van der Waals surface area contributed by atoms with Crippen LogP contribution < -0.4 is 5.43 Å². The number of nitrogens with zero attached hydrogens (tertiary/aromatic N) is 3. The van der Waals surface area contributed by atoms with Gasteiger partial charge in [0, 0.05) is 11.9 Å². The lowest BCUT2D eigenvalue weighted by atomic mass is 10.0. The number of hydrogen-bond acceptors (Lipinski definition) is 3. The Morgan fingerprint density at radius 2 is 2.00 bits per heavy atom. The largest absolute Gasteiger partial charge is 0.271 e. The van der Waals surface area contributed by atoms with Crippen molar-refractivity contribution < 1.29 is 4.79 Å². The number of hydrogen-bond donors (Lipinski definition) is 1. The predicted octanol–water partition coefficient (Wildman–Crippen LogP) is 3.52. The van der Waals surface area contributed by atoms with Crippen molar-refractivity contribution in [2.24, 2.45) is 5.10 Å². The molecule has 1 aromatic carbocycles. The summed E-state index contributed by atoms with van der Waals surface area (Å²) in [6, 6.07) is 10.3. The molecule has 0 fully saturated rings. The first-order valence-corrected chi connectivity index (χ1v) is 8.04. The van der Waals surface area contributed by atoms with Gasteiger partial charge < -0.3 is 0 Å². The number of aryl methyl sites for hydroxylation is 1. The summed E-state index contributed by atoms with van der Waals surface area (Å²) < 4.78 is 1.63. The summed E-state index contributed by atoms with van der Waals surface area (Å²) in [6.45, 7) is 8.37. The van der Waals surface area contributed by atoms with Crippen molar-refractivity contribution in [3.8, 4) is 0 Å². The summed E-state index contributed by atoms with van der Waals surface area (Å²) in [5.41, 5.74) is 6.85. The van der Waals surface area contributed by atoms with Gasteiger partial charge >= 0.3 is 0 Å². The highest BCUT2D eigenvalue weighted by Gasteiger charge is 2.03. The Bertz CT molecular complexity index is 739. The van der Waals surface area contributed by atoms with Gasteiger partial charge in [0.2, 0.25) is 0 Å². The van der Waals surface area contributed by atoms with Gasteiger partial charge in [-0.1, -0.05) is 44.2 Å². The minimum Gasteiger partial charge on any atom is -0.271 e. The SMILES string of the molecule is CC(/C=N\NC(=O)Cn1nccc1C)=C\c1ccc(C(C)C)cc1. The average molecular weight is 324 g/mol. The second-order valence-electron chi connectivity index (χ2n) is 6.13. The molecule has 0 aliphatic rings. The molecule has 24 heavy (non-hydrogen) atoms. The minimum atomic E-state index is -0.202. The third kappa shape index (κ3) is 5.19. The molecule has 0 aliphatic heterocycles. The van der Waals surface area contributed by atoms with Gasteiger partial charge in [0.1, 0.15) is 6.54 Å². The molecule has 1 heterocycles. The molecule has 0 unspecified atom stereocenters. The highest BCUT2D eigenvalue weighted by atomic mass is 16.2. The number of carbonyl (C=O) groups excluding carboxylic acids is 1. The van der Waals surface area contributed by atoms with E-state index in [2.05, 4.69) is 53.7 Å². The van der Waals surface area contributed by atoms with Gasteiger partial charge in [-0.25, -0.2) is 5.43 Å². The molecule has 5 heteroatoms. The van der Waals surface area contributed by atoms with Crippen LogP contribution in [0, 0.1) is 6.92 Å². The zero-order valence-corrected chi connectivity index (χ0v) is 14.7. The molecular weight excluding hydrogens is 300 g/mol. The Balaban J connectivity index is 1.88. The fraction of sp³-hybridized carbons (Fsp3) is 0.316. The summed E-state index contributed by atoms with van der Waals surface area (Å²) in [7, 11) is 0. The normalized spacial score (nSPS) is 12.1. The Hall–Kier alpha value is -2.69. The van der Waals surface area contributed by atoms with Crippen LogP contribution in [0.25, 0.3) is 6.08 Å². The molecule has 2 rings (SSSR count). The maximum Gasteiger partial charge on any atom is 0.261 e. The van der Waals surface area contributed by atoms with Crippen molar-refractivity contribution in [3.63, 3.8) is 0 Å². The van der Waals surface area contributed by atoms with Crippen LogP contribution in [0.5, 0.6) is 0 Å². The lowest BCUT2D eigenvalue weighted by Gasteiger charge is -2.05. The molecule has 0 bridgehead atoms. The number of aromatic nitrogens is 2. The van der Waals surface area contributed by atoms with Gasteiger partial charge in [-0.05, 0) is 42.5 Å². The highest BCUT2D eigenvalue weighted by Crippen LogP contribution is 2.15. The zero-order chi connectivity index (χ0) is 17.5. The fourth-order valence-electron chi connectivity index (χ4n) is 2.22. The molecule has 1 amide bonds. The van der Waals surface area contributed by atoms with Gasteiger partial charge in [0.25, 0.3) is 5.91 Å². The Morgan fingerprint density at radius 3 is 2.58 bits per heavy atom.